The van der Waals surface area contributed by atoms with Crippen LogP contribution in [0.15, 0.2) is 91.0 Å². The average molecular weight is 344 g/mol. The lowest BCUT2D eigenvalue weighted by Gasteiger charge is -1.97. The minimum Gasteiger partial charge on any atom is -0.497 e. The predicted molar refractivity (Wildman–Crippen MR) is 105 cm³/mol. The van der Waals surface area contributed by atoms with Crippen LogP contribution in [-0.2, 0) is 0 Å². The van der Waals surface area contributed by atoms with Crippen LogP contribution in [0.4, 0.5) is 0 Å². The van der Waals surface area contributed by atoms with Gasteiger partial charge in [-0.25, -0.2) is 0 Å². The van der Waals surface area contributed by atoms with E-state index < -0.39 is 0 Å². The van der Waals surface area contributed by atoms with Crippen molar-refractivity contribution < 1.29 is 14.3 Å². The first-order valence-electron chi connectivity index (χ1n) is 8.14. The maximum Gasteiger partial charge on any atom is 0.185 e. The van der Waals surface area contributed by atoms with Gasteiger partial charge in [0.2, 0.25) is 0 Å². The van der Waals surface area contributed by atoms with E-state index in [-0.39, 0.29) is 5.78 Å². The van der Waals surface area contributed by atoms with Crippen LogP contribution >= 0.6 is 0 Å². The summed E-state index contributed by atoms with van der Waals surface area (Å²) in [7, 11) is 1.57. The second kappa shape index (κ2) is 10.4. The molecule has 0 radical (unpaired) electrons. The number of ether oxygens (including phenoxy) is 1. The molecule has 0 N–H and O–H groups in total. The van der Waals surface area contributed by atoms with Crippen molar-refractivity contribution in [3.63, 3.8) is 0 Å². The minimum atomic E-state index is 0.0319. The molecule has 26 heavy (non-hydrogen) atoms. The predicted octanol–water partition coefficient (Wildman–Crippen LogP) is 5.09. The Labute approximate surface area is 153 Å². The summed E-state index contributed by atoms with van der Waals surface area (Å²) in [5, 5.41) is 0. The molecule has 0 aromatic heterocycles. The van der Waals surface area contributed by atoms with Gasteiger partial charge in [-0.1, -0.05) is 78.9 Å². The summed E-state index contributed by atoms with van der Waals surface area (Å²) in [5.74, 6) is 0.744. The first-order chi connectivity index (χ1) is 12.7. The first-order valence-corrected chi connectivity index (χ1v) is 8.14. The molecule has 0 saturated carbocycles. The topological polar surface area (TPSA) is 43.4 Å². The molecule has 0 aliphatic heterocycles. The Balaban J connectivity index is 0.000000209. The molecule has 3 aromatic carbocycles. The molecule has 0 fully saturated rings. The van der Waals surface area contributed by atoms with Gasteiger partial charge in [0.15, 0.2) is 5.78 Å². The van der Waals surface area contributed by atoms with Crippen LogP contribution in [0, 0.1) is 0 Å². The number of carbonyl (C=O) groups excluding carboxylic acids is 2. The summed E-state index contributed by atoms with van der Waals surface area (Å²) in [6.45, 7) is 0. The monoisotopic (exact) mass is 344 g/mol. The fourth-order valence-electron chi connectivity index (χ4n) is 2.15. The third kappa shape index (κ3) is 6.21. The van der Waals surface area contributed by atoms with Crippen molar-refractivity contribution in [1.29, 1.82) is 0 Å². The maximum atomic E-state index is 11.7. The highest BCUT2D eigenvalue weighted by molar-refractivity contribution is 6.06. The second-order valence-electron chi connectivity index (χ2n) is 5.37. The number of aldehydes is 1. The first kappa shape index (κ1) is 18.9. The summed E-state index contributed by atoms with van der Waals surface area (Å²) < 4.78 is 4.90. The van der Waals surface area contributed by atoms with E-state index in [2.05, 4.69) is 0 Å². The summed E-state index contributed by atoms with van der Waals surface area (Å²) in [6.07, 6.45) is 4.22. The number of methoxy groups -OCH3 is 1. The van der Waals surface area contributed by atoms with Crippen LogP contribution in [0.25, 0.3) is 6.08 Å². The molecule has 3 rings (SSSR count). The molecule has 0 amide bonds. The average Bonchev–Trinajstić information content (AvgIpc) is 2.74. The van der Waals surface area contributed by atoms with Gasteiger partial charge in [0, 0.05) is 11.1 Å². The van der Waals surface area contributed by atoms with Crippen molar-refractivity contribution in [3.05, 3.63) is 108 Å². The lowest BCUT2D eigenvalue weighted by atomic mass is 10.1. The Morgan fingerprint density at radius 2 is 1.42 bits per heavy atom. The van der Waals surface area contributed by atoms with Gasteiger partial charge in [-0.15, -0.1) is 0 Å². The van der Waals surface area contributed by atoms with Gasteiger partial charge in [0.05, 0.1) is 7.11 Å². The molecular formula is C23H20O3. The van der Waals surface area contributed by atoms with Gasteiger partial charge in [-0.05, 0) is 23.8 Å². The van der Waals surface area contributed by atoms with Crippen LogP contribution in [0.3, 0.4) is 0 Å². The SMILES string of the molecule is COc1cccc(C=O)c1.O=C(/C=C/c1ccccc1)c1ccccc1. The summed E-state index contributed by atoms with van der Waals surface area (Å²) >= 11 is 0. The van der Waals surface area contributed by atoms with E-state index in [0.717, 1.165) is 17.4 Å². The van der Waals surface area contributed by atoms with Gasteiger partial charge in [-0.2, -0.15) is 0 Å². The standard InChI is InChI=1S/C15H12O.C8H8O2/c16-15(14-9-5-2-6-10-14)12-11-13-7-3-1-4-8-13;1-10-8-4-2-3-7(5-8)6-9/h1-12H;2-6H,1H3/b12-11+;. The Hall–Kier alpha value is -3.46. The molecule has 0 unspecified atom stereocenters. The zero-order valence-corrected chi connectivity index (χ0v) is 14.5. The van der Waals surface area contributed by atoms with Gasteiger partial charge in [-0.3, -0.25) is 9.59 Å². The smallest absolute Gasteiger partial charge is 0.185 e. The number of carbonyl (C=O) groups is 2. The van der Waals surface area contributed by atoms with Crippen LogP contribution in [0.5, 0.6) is 5.75 Å². The van der Waals surface area contributed by atoms with Gasteiger partial charge in [0.1, 0.15) is 12.0 Å². The molecule has 0 atom stereocenters. The molecule has 3 nitrogen and oxygen atoms in total. The van der Waals surface area contributed by atoms with Gasteiger partial charge >= 0.3 is 0 Å². The largest absolute Gasteiger partial charge is 0.497 e. The van der Waals surface area contributed by atoms with Gasteiger partial charge < -0.3 is 4.74 Å². The number of ketones is 1. The molecular weight excluding hydrogens is 324 g/mol. The van der Waals surface area contributed by atoms with E-state index in [4.69, 9.17) is 4.74 Å². The van der Waals surface area contributed by atoms with E-state index in [9.17, 15) is 9.59 Å². The second-order valence-corrected chi connectivity index (χ2v) is 5.37. The fourth-order valence-corrected chi connectivity index (χ4v) is 2.15. The van der Waals surface area contributed by atoms with E-state index >= 15 is 0 Å². The zero-order valence-electron chi connectivity index (χ0n) is 14.5. The van der Waals surface area contributed by atoms with E-state index in [1.807, 2.05) is 66.7 Å². The van der Waals surface area contributed by atoms with Crippen LogP contribution in [-0.4, -0.2) is 19.2 Å². The van der Waals surface area contributed by atoms with E-state index in [1.54, 1.807) is 37.5 Å². The molecule has 0 bridgehead atoms. The van der Waals surface area contributed by atoms with E-state index in [0.29, 0.717) is 11.3 Å². The number of benzene rings is 3. The number of hydrogen-bond acceptors (Lipinski definition) is 3. The van der Waals surface area contributed by atoms with Crippen LogP contribution < -0.4 is 4.74 Å². The molecule has 0 aliphatic carbocycles. The van der Waals surface area contributed by atoms with Crippen molar-refractivity contribution >= 4 is 18.1 Å². The third-order valence-electron chi connectivity index (χ3n) is 3.51. The Kier molecular flexibility index (Phi) is 7.56. The van der Waals surface area contributed by atoms with Crippen LogP contribution in [0.2, 0.25) is 0 Å². The molecule has 3 aromatic rings. The number of hydrogen-bond donors (Lipinski definition) is 0. The summed E-state index contributed by atoms with van der Waals surface area (Å²) in [4.78, 5) is 22.0. The van der Waals surface area contributed by atoms with Crippen molar-refractivity contribution in [2.75, 3.05) is 7.11 Å². The highest BCUT2D eigenvalue weighted by atomic mass is 16.5. The molecule has 0 heterocycles. The Morgan fingerprint density at radius 3 is 2.04 bits per heavy atom. The number of allylic oxidation sites excluding steroid dienone is 1. The molecule has 130 valence electrons. The van der Waals surface area contributed by atoms with Crippen molar-refractivity contribution in [3.8, 4) is 5.75 Å². The van der Waals surface area contributed by atoms with Crippen molar-refractivity contribution in [2.45, 2.75) is 0 Å². The minimum absolute atomic E-state index is 0.0319. The van der Waals surface area contributed by atoms with Crippen LogP contribution in [0.1, 0.15) is 26.3 Å². The van der Waals surface area contributed by atoms with Crippen molar-refractivity contribution in [2.24, 2.45) is 0 Å². The molecule has 0 aliphatic rings. The Bertz CT molecular complexity index is 853. The Morgan fingerprint density at radius 1 is 0.808 bits per heavy atom. The summed E-state index contributed by atoms with van der Waals surface area (Å²) in [6, 6.07) is 26.1. The van der Waals surface area contributed by atoms with Crippen molar-refractivity contribution in [1.82, 2.24) is 0 Å². The summed E-state index contributed by atoms with van der Waals surface area (Å²) in [5.41, 5.74) is 2.39. The maximum absolute atomic E-state index is 11.7. The zero-order chi connectivity index (χ0) is 18.6. The van der Waals surface area contributed by atoms with E-state index in [1.165, 1.54) is 0 Å². The van der Waals surface area contributed by atoms with Gasteiger partial charge in [0.25, 0.3) is 0 Å². The third-order valence-corrected chi connectivity index (χ3v) is 3.51. The lowest BCUT2D eigenvalue weighted by Crippen LogP contribution is -1.92. The molecule has 0 spiro atoms. The molecule has 3 heteroatoms. The molecule has 0 saturated heterocycles. The quantitative estimate of drug-likeness (QED) is 0.368. The number of rotatable bonds is 5. The fraction of sp³-hybridized carbons (Fsp3) is 0.0435. The lowest BCUT2D eigenvalue weighted by molar-refractivity contribution is 0.104. The highest BCUT2D eigenvalue weighted by Gasteiger charge is 1.98. The normalized spacial score (nSPS) is 9.88. The highest BCUT2D eigenvalue weighted by Crippen LogP contribution is 2.10.